The molecule has 5 heterocycles. The molecule has 16 nitrogen and oxygen atoms in total. The molecule has 6 aromatic rings. The number of ether oxygens (including phenoxy) is 2. The minimum Gasteiger partial charge on any atom is -0.492 e. The number of nitrogens with zero attached hydrogens (tertiary/aromatic N) is 6. The number of hydrogen-bond acceptors (Lipinski definition) is 11. The van der Waals surface area contributed by atoms with Crippen LogP contribution in [0.2, 0.25) is 5.02 Å². The van der Waals surface area contributed by atoms with E-state index in [1.807, 2.05) is 52.0 Å². The van der Waals surface area contributed by atoms with Gasteiger partial charge in [-0.1, -0.05) is 62.7 Å². The van der Waals surface area contributed by atoms with E-state index in [1.165, 1.54) is 15.8 Å². The van der Waals surface area contributed by atoms with Gasteiger partial charge in [0.25, 0.3) is 0 Å². The molecule has 0 radical (unpaired) electrons. The molecule has 3 aromatic carbocycles. The first kappa shape index (κ1) is 57.2. The monoisotopic (exact) mass is 1110 g/mol. The summed E-state index contributed by atoms with van der Waals surface area (Å²) in [5.74, 6) is -1.84. The third kappa shape index (κ3) is 13.0. The van der Waals surface area contributed by atoms with Gasteiger partial charge in [-0.15, -0.1) is 23.7 Å². The van der Waals surface area contributed by atoms with Crippen molar-refractivity contribution in [2.24, 2.45) is 18.4 Å². The summed E-state index contributed by atoms with van der Waals surface area (Å²) in [6, 6.07) is 14.2. The zero-order chi connectivity index (χ0) is 53.9. The van der Waals surface area contributed by atoms with Gasteiger partial charge in [-0.3, -0.25) is 29.3 Å². The molecule has 2 aliphatic rings. The molecular weight excluding hydrogens is 1050 g/mol. The van der Waals surface area contributed by atoms with E-state index in [0.717, 1.165) is 21.7 Å². The first-order valence-corrected chi connectivity index (χ1v) is 26.1. The number of unbranched alkanes of at least 4 members (excludes halogenated alkanes) is 1. The number of halogens is 5. The van der Waals surface area contributed by atoms with Gasteiger partial charge in [0.1, 0.15) is 23.6 Å². The number of aliphatic hydroxyl groups excluding tert-OH is 1. The number of aryl methyl sites for hydroxylation is 3. The smallest absolute Gasteiger partial charge is 0.435 e. The number of fused-ring (bicyclic) bond motifs is 1. The highest BCUT2D eigenvalue weighted by Gasteiger charge is 2.45. The number of likely N-dealkylation sites (tertiary alicyclic amines) is 1. The third-order valence-electron chi connectivity index (χ3n) is 13.5. The fourth-order valence-corrected chi connectivity index (χ4v) is 10.4. The van der Waals surface area contributed by atoms with E-state index in [1.54, 1.807) is 82.7 Å². The topological polar surface area (TPSA) is 199 Å². The Morgan fingerprint density at radius 2 is 1.74 bits per heavy atom. The minimum absolute atomic E-state index is 0. The van der Waals surface area contributed by atoms with Crippen LogP contribution in [-0.4, -0.2) is 95.4 Å². The number of rotatable bonds is 18. The van der Waals surface area contributed by atoms with Crippen molar-refractivity contribution < 1.29 is 46.9 Å². The molecule has 4 atom stereocenters. The van der Waals surface area contributed by atoms with Gasteiger partial charge in [-0.05, 0) is 85.0 Å². The van der Waals surface area contributed by atoms with Crippen LogP contribution in [0.1, 0.15) is 91.8 Å². The second kappa shape index (κ2) is 23.8. The van der Waals surface area contributed by atoms with Crippen molar-refractivity contribution in [2.75, 3.05) is 19.8 Å². The van der Waals surface area contributed by atoms with Crippen molar-refractivity contribution >= 4 is 58.8 Å². The molecule has 1 saturated heterocycles. The van der Waals surface area contributed by atoms with Crippen molar-refractivity contribution in [2.45, 2.75) is 111 Å². The van der Waals surface area contributed by atoms with Crippen molar-refractivity contribution in [3.63, 3.8) is 0 Å². The predicted octanol–water partition coefficient (Wildman–Crippen LogP) is 8.56. The molecule has 1 fully saturated rings. The van der Waals surface area contributed by atoms with Crippen LogP contribution in [0.5, 0.6) is 11.5 Å². The average molecular weight is 1110 g/mol. The molecule has 0 bridgehead atoms. The first-order chi connectivity index (χ1) is 35.6. The normalized spacial score (nSPS) is 16.9. The Hall–Kier alpha value is -6.48. The molecule has 0 spiro atoms. The fraction of sp³-hybridized carbons (Fsp3) is 0.426. The number of carbonyl (C=O) groups is 4. The number of β-amino-alcohol motifs (C(OH)–C–C–N with tert-alkyl or cyclic N) is 1. The molecule has 8 rings (SSSR count). The Kier molecular flexibility index (Phi) is 17.9. The number of aromatic nitrogens is 5. The summed E-state index contributed by atoms with van der Waals surface area (Å²) in [6.45, 7) is 9.67. The number of carbonyl (C=O) groups excluding carboxylic acids is 4. The van der Waals surface area contributed by atoms with Crippen LogP contribution in [0.3, 0.4) is 0 Å². The van der Waals surface area contributed by atoms with Gasteiger partial charge >= 0.3 is 6.18 Å². The van der Waals surface area contributed by atoms with Gasteiger partial charge in [-0.25, -0.2) is 4.98 Å². The maximum absolute atomic E-state index is 14.4. The van der Waals surface area contributed by atoms with E-state index in [0.29, 0.717) is 34.7 Å². The van der Waals surface area contributed by atoms with E-state index in [9.17, 15) is 37.5 Å². The van der Waals surface area contributed by atoms with Crippen molar-refractivity contribution in [1.82, 2.24) is 39.4 Å². The lowest BCUT2D eigenvalue weighted by atomic mass is 9.85. The number of alkyl halides is 3. The Morgan fingerprint density at radius 3 is 2.39 bits per heavy atom. The predicted molar refractivity (Wildman–Crippen MR) is 283 cm³/mol. The van der Waals surface area contributed by atoms with E-state index >= 15 is 0 Å². The molecular formula is C54H62Cl2F3N9O7S. The van der Waals surface area contributed by atoms with Gasteiger partial charge in [0.15, 0.2) is 11.5 Å². The van der Waals surface area contributed by atoms with E-state index in [-0.39, 0.29) is 111 Å². The molecule has 3 amide bonds. The van der Waals surface area contributed by atoms with Crippen LogP contribution < -0.4 is 25.7 Å². The first-order valence-electron chi connectivity index (χ1n) is 24.8. The summed E-state index contributed by atoms with van der Waals surface area (Å²) in [4.78, 5) is 62.2. The second-order valence-corrected chi connectivity index (χ2v) is 21.5. The van der Waals surface area contributed by atoms with E-state index in [4.69, 9.17) is 26.5 Å². The molecule has 4 N–H and O–H groups in total. The van der Waals surface area contributed by atoms with Crippen molar-refractivity contribution in [3.8, 4) is 33.1 Å². The molecule has 0 saturated carbocycles. The van der Waals surface area contributed by atoms with E-state index in [2.05, 4.69) is 20.7 Å². The van der Waals surface area contributed by atoms with Crippen molar-refractivity contribution in [3.05, 3.63) is 123 Å². The Labute approximate surface area is 453 Å². The summed E-state index contributed by atoms with van der Waals surface area (Å²) in [5, 5.41) is 29.0. The quantitative estimate of drug-likeness (QED) is 0.0609. The van der Waals surface area contributed by atoms with Gasteiger partial charge < -0.3 is 39.2 Å². The van der Waals surface area contributed by atoms with Crippen LogP contribution in [0.15, 0.2) is 78.7 Å². The maximum Gasteiger partial charge on any atom is 0.435 e. The van der Waals surface area contributed by atoms with Crippen LogP contribution in [0, 0.1) is 23.7 Å². The Morgan fingerprint density at radius 1 is 1.01 bits per heavy atom. The number of imidazole rings is 1. The summed E-state index contributed by atoms with van der Waals surface area (Å²) < 4.78 is 59.9. The Bertz CT molecular complexity index is 3150. The summed E-state index contributed by atoms with van der Waals surface area (Å²) >= 11 is 8.11. The second-order valence-electron chi connectivity index (χ2n) is 20.2. The molecule has 1 unspecified atom stereocenters. The molecule has 3 aromatic heterocycles. The minimum atomic E-state index is -4.78. The van der Waals surface area contributed by atoms with Gasteiger partial charge in [0.05, 0.1) is 58.4 Å². The number of ketones is 1. The zero-order valence-electron chi connectivity index (χ0n) is 43.0. The summed E-state index contributed by atoms with van der Waals surface area (Å²) in [5.41, 5.74) is 4.17. The van der Waals surface area contributed by atoms with Crippen LogP contribution in [-0.2, 0) is 53.7 Å². The number of benzene rings is 3. The molecule has 0 aliphatic carbocycles. The van der Waals surface area contributed by atoms with Crippen LogP contribution in [0.4, 0.5) is 13.2 Å². The third-order valence-corrected chi connectivity index (χ3v) is 14.8. The SMILES string of the molecule is CCn1cc(-c2cc(Cn3ccn(C)c3=N)cc3c2OCC(Cc2ccc(Cl)c(OCCCCC(=O)N[C@H](C(=O)N4C[C@H](O)C[C@H]4C(=O)NCc4ccc(-c5scnc5C)cc4)C(C)(C)C)c2)C3=O)c(C(F)(F)F)n1.Cl. The maximum atomic E-state index is 14.4. The average Bonchev–Trinajstić information content (AvgIpc) is 4.18. The fourth-order valence-electron chi connectivity index (χ4n) is 9.44. The number of amides is 3. The van der Waals surface area contributed by atoms with Gasteiger partial charge in [0, 0.05) is 69.2 Å². The zero-order valence-corrected chi connectivity index (χ0v) is 45.4. The summed E-state index contributed by atoms with van der Waals surface area (Å²) in [6.07, 6.45) is 0.178. The highest BCUT2D eigenvalue weighted by molar-refractivity contribution is 7.13. The van der Waals surface area contributed by atoms with Crippen LogP contribution in [0.25, 0.3) is 21.6 Å². The van der Waals surface area contributed by atoms with Crippen molar-refractivity contribution in [1.29, 1.82) is 5.41 Å². The number of hydrogen-bond donors (Lipinski definition) is 4. The highest BCUT2D eigenvalue weighted by Crippen LogP contribution is 2.44. The van der Waals surface area contributed by atoms with Gasteiger partial charge in [-0.2, -0.15) is 18.3 Å². The highest BCUT2D eigenvalue weighted by atomic mass is 35.5. The van der Waals surface area contributed by atoms with Crippen LogP contribution >= 0.6 is 35.3 Å². The van der Waals surface area contributed by atoms with E-state index < -0.39 is 53.2 Å². The number of Topliss-reactive ketones (excluding diaryl/α,β-unsaturated/α-hetero) is 1. The van der Waals surface area contributed by atoms with Gasteiger partial charge in [0.2, 0.25) is 23.3 Å². The lowest BCUT2D eigenvalue weighted by Crippen LogP contribution is -2.57. The number of aliphatic hydroxyl groups is 1. The molecule has 406 valence electrons. The lowest BCUT2D eigenvalue weighted by molar-refractivity contribution is -0.144. The standard InChI is InChI=1S/C54H61ClF3N9O7S.ClH/c1-7-66-28-40(48(63-66)54(56,57)58)38-21-34(26-65-18-17-64(6)52(65)59)22-39-45(70)36(29-74-46(38)39)20-33-13-16-41(55)43(23-33)73-19-9-8-10-44(69)62-49(53(3,4)5)51(72)67-27-37(68)24-42(67)50(71)60-25-32-11-14-35(15-12-32)47-31(2)61-30-75-47;/h11-18,21-23,28,30,36-37,42,49,59,68H,7-10,19-20,24-27,29H2,1-6H3,(H,60,71)(H,62,69);1H/t36?,37-,42+,49-;/m1./s1. The molecule has 22 heteroatoms. The lowest BCUT2D eigenvalue weighted by Gasteiger charge is -2.35. The molecule has 76 heavy (non-hydrogen) atoms. The number of nitrogens with one attached hydrogen (secondary N) is 3. The Balaban J connectivity index is 0.00000840. The summed E-state index contributed by atoms with van der Waals surface area (Å²) in [7, 11) is 1.70. The molecule has 2 aliphatic heterocycles. The number of thiazole rings is 1. The largest absolute Gasteiger partial charge is 0.492 e.